The lowest BCUT2D eigenvalue weighted by Gasteiger charge is -2.03. The van der Waals surface area contributed by atoms with Gasteiger partial charge in [-0.15, -0.1) is 5.10 Å². The molecule has 0 aliphatic rings. The molecule has 0 fully saturated rings. The predicted molar refractivity (Wildman–Crippen MR) is 55.9 cm³/mol. The minimum Gasteiger partial charge on any atom is -0.508 e. The first-order valence-corrected chi connectivity index (χ1v) is 5.01. The third kappa shape index (κ3) is 2.14. The summed E-state index contributed by atoms with van der Waals surface area (Å²) in [6.07, 6.45) is 1.36. The van der Waals surface area contributed by atoms with E-state index in [1.165, 1.54) is 18.3 Å². The average Bonchev–Trinajstić information content (AvgIpc) is 2.70. The van der Waals surface area contributed by atoms with Crippen LogP contribution in [0.25, 0.3) is 0 Å². The Labute approximate surface area is 93.7 Å². The highest BCUT2D eigenvalue weighted by molar-refractivity contribution is 7.10. The molecule has 0 radical (unpaired) electrons. The molecule has 0 bridgehead atoms. The molecule has 2 aromatic rings. The highest BCUT2D eigenvalue weighted by Crippen LogP contribution is 2.17. The van der Waals surface area contributed by atoms with Crippen LogP contribution in [-0.4, -0.2) is 20.6 Å². The van der Waals surface area contributed by atoms with Gasteiger partial charge in [0, 0.05) is 17.6 Å². The van der Waals surface area contributed by atoms with Crippen molar-refractivity contribution in [3.05, 3.63) is 35.8 Å². The van der Waals surface area contributed by atoms with Crippen LogP contribution in [0.4, 0.5) is 9.39 Å². The van der Waals surface area contributed by atoms with Gasteiger partial charge in [-0.1, -0.05) is 4.49 Å². The van der Waals surface area contributed by atoms with Gasteiger partial charge in [-0.05, 0) is 12.1 Å². The van der Waals surface area contributed by atoms with Crippen LogP contribution in [-0.2, 0) is 0 Å². The molecular formula is C9H6FN3O2S. The summed E-state index contributed by atoms with van der Waals surface area (Å²) < 4.78 is 16.8. The van der Waals surface area contributed by atoms with Crippen molar-refractivity contribution < 1.29 is 14.3 Å². The van der Waals surface area contributed by atoms with Crippen LogP contribution in [0.5, 0.6) is 5.75 Å². The van der Waals surface area contributed by atoms with Crippen molar-refractivity contribution in [3.63, 3.8) is 0 Å². The number of nitrogens with zero attached hydrogens (tertiary/aromatic N) is 2. The van der Waals surface area contributed by atoms with E-state index in [4.69, 9.17) is 5.11 Å². The summed E-state index contributed by atoms with van der Waals surface area (Å²) >= 11 is 0.990. The van der Waals surface area contributed by atoms with Gasteiger partial charge in [0.05, 0.1) is 11.8 Å². The number of aromatic hydroxyl groups is 1. The number of phenols is 1. The van der Waals surface area contributed by atoms with Crippen LogP contribution in [0.1, 0.15) is 10.4 Å². The third-order valence-electron chi connectivity index (χ3n) is 1.80. The largest absolute Gasteiger partial charge is 0.508 e. The number of nitrogens with one attached hydrogen (secondary N) is 1. The number of amides is 1. The van der Waals surface area contributed by atoms with E-state index in [1.807, 2.05) is 0 Å². The zero-order valence-corrected chi connectivity index (χ0v) is 8.66. The van der Waals surface area contributed by atoms with E-state index in [0.29, 0.717) is 5.00 Å². The van der Waals surface area contributed by atoms with E-state index in [-0.39, 0.29) is 11.3 Å². The van der Waals surface area contributed by atoms with E-state index in [0.717, 1.165) is 17.6 Å². The minimum atomic E-state index is -0.782. The summed E-state index contributed by atoms with van der Waals surface area (Å²) in [7, 11) is 0. The first-order valence-electron chi connectivity index (χ1n) is 4.24. The zero-order chi connectivity index (χ0) is 11.5. The fourth-order valence-corrected chi connectivity index (χ4v) is 1.50. The maximum Gasteiger partial charge on any atom is 0.259 e. The van der Waals surface area contributed by atoms with Crippen molar-refractivity contribution in [1.29, 1.82) is 0 Å². The van der Waals surface area contributed by atoms with Crippen LogP contribution in [0.3, 0.4) is 0 Å². The third-order valence-corrected chi connectivity index (χ3v) is 2.38. The second-order valence-electron chi connectivity index (χ2n) is 2.90. The summed E-state index contributed by atoms with van der Waals surface area (Å²) in [4.78, 5) is 11.6. The van der Waals surface area contributed by atoms with Crippen molar-refractivity contribution in [3.8, 4) is 5.75 Å². The van der Waals surface area contributed by atoms with Crippen molar-refractivity contribution in [2.45, 2.75) is 0 Å². The molecule has 2 rings (SSSR count). The maximum absolute atomic E-state index is 13.3. The van der Waals surface area contributed by atoms with Gasteiger partial charge in [-0.3, -0.25) is 4.79 Å². The van der Waals surface area contributed by atoms with Crippen molar-refractivity contribution in [2.75, 3.05) is 5.32 Å². The van der Waals surface area contributed by atoms with Gasteiger partial charge in [0.2, 0.25) is 0 Å². The number of benzene rings is 1. The van der Waals surface area contributed by atoms with E-state index in [9.17, 15) is 9.18 Å². The van der Waals surface area contributed by atoms with E-state index in [1.54, 1.807) is 0 Å². The number of phenolic OH excluding ortho intramolecular Hbond substituents is 1. The Kier molecular flexibility index (Phi) is 2.78. The maximum atomic E-state index is 13.3. The fourth-order valence-electron chi connectivity index (χ4n) is 1.09. The van der Waals surface area contributed by atoms with Crippen molar-refractivity contribution in [1.82, 2.24) is 9.59 Å². The molecule has 2 N–H and O–H groups in total. The van der Waals surface area contributed by atoms with Gasteiger partial charge < -0.3 is 10.4 Å². The molecule has 7 heteroatoms. The van der Waals surface area contributed by atoms with Gasteiger partial charge in [-0.2, -0.15) is 0 Å². The van der Waals surface area contributed by atoms with Crippen LogP contribution < -0.4 is 5.32 Å². The van der Waals surface area contributed by atoms with E-state index >= 15 is 0 Å². The normalized spacial score (nSPS) is 10.1. The Morgan fingerprint density at radius 2 is 2.31 bits per heavy atom. The lowest BCUT2D eigenvalue weighted by Crippen LogP contribution is -2.12. The number of carbonyl (C=O) groups excluding carboxylic acids is 1. The molecule has 0 saturated carbocycles. The summed E-state index contributed by atoms with van der Waals surface area (Å²) in [5, 5.41) is 15.4. The topological polar surface area (TPSA) is 75.1 Å². The molecule has 16 heavy (non-hydrogen) atoms. The summed E-state index contributed by atoms with van der Waals surface area (Å²) in [5.41, 5.74) is -0.147. The Morgan fingerprint density at radius 1 is 1.50 bits per heavy atom. The van der Waals surface area contributed by atoms with Crippen molar-refractivity contribution >= 4 is 22.4 Å². The SMILES string of the molecule is O=C(Nc1cnns1)c1ccc(O)cc1F. The van der Waals surface area contributed by atoms with E-state index < -0.39 is 11.7 Å². The van der Waals surface area contributed by atoms with Gasteiger partial charge in [0.1, 0.15) is 16.6 Å². The molecule has 0 saturated heterocycles. The second-order valence-corrected chi connectivity index (χ2v) is 3.69. The first-order chi connectivity index (χ1) is 7.66. The Morgan fingerprint density at radius 3 is 2.94 bits per heavy atom. The lowest BCUT2D eigenvalue weighted by atomic mass is 10.2. The predicted octanol–water partition coefficient (Wildman–Crippen LogP) is 1.64. The monoisotopic (exact) mass is 239 g/mol. The molecule has 1 amide bonds. The lowest BCUT2D eigenvalue weighted by molar-refractivity contribution is 0.102. The fraction of sp³-hybridized carbons (Fsp3) is 0. The molecule has 0 aliphatic heterocycles. The van der Waals surface area contributed by atoms with Gasteiger partial charge in [0.15, 0.2) is 0 Å². The highest BCUT2D eigenvalue weighted by Gasteiger charge is 2.13. The van der Waals surface area contributed by atoms with Crippen LogP contribution in [0.15, 0.2) is 24.4 Å². The van der Waals surface area contributed by atoms with Gasteiger partial charge in [-0.25, -0.2) is 4.39 Å². The zero-order valence-electron chi connectivity index (χ0n) is 7.85. The highest BCUT2D eigenvalue weighted by atomic mass is 32.1. The van der Waals surface area contributed by atoms with Crippen LogP contribution >= 0.6 is 11.5 Å². The Hall–Kier alpha value is -2.02. The van der Waals surface area contributed by atoms with E-state index in [2.05, 4.69) is 14.9 Å². The molecule has 82 valence electrons. The standard InChI is InChI=1S/C9H6FN3O2S/c10-7-3-5(14)1-2-6(7)9(15)12-8-4-11-13-16-8/h1-4,14H,(H,12,15). The molecule has 1 heterocycles. The molecule has 0 atom stereocenters. The summed E-state index contributed by atoms with van der Waals surface area (Å²) in [6, 6.07) is 3.32. The first kappa shape index (κ1) is 10.5. The van der Waals surface area contributed by atoms with Crippen molar-refractivity contribution in [2.24, 2.45) is 0 Å². The molecule has 0 aliphatic carbocycles. The minimum absolute atomic E-state index is 0.147. The molecule has 0 spiro atoms. The number of halogens is 1. The Balaban J connectivity index is 2.21. The number of rotatable bonds is 2. The molecular weight excluding hydrogens is 233 g/mol. The molecule has 5 nitrogen and oxygen atoms in total. The number of anilines is 1. The molecule has 1 aromatic carbocycles. The molecule has 0 unspecified atom stereocenters. The number of hydrogen-bond donors (Lipinski definition) is 2. The number of aromatic nitrogens is 2. The van der Waals surface area contributed by atoms with Crippen LogP contribution in [0.2, 0.25) is 0 Å². The Bertz CT molecular complexity index is 515. The second kappa shape index (κ2) is 4.23. The smallest absolute Gasteiger partial charge is 0.259 e. The average molecular weight is 239 g/mol. The molecule has 1 aromatic heterocycles. The number of carbonyl (C=O) groups is 1. The summed E-state index contributed by atoms with van der Waals surface area (Å²) in [6.45, 7) is 0. The summed E-state index contributed by atoms with van der Waals surface area (Å²) in [5.74, 6) is -1.62. The quantitative estimate of drug-likeness (QED) is 0.835. The van der Waals surface area contributed by atoms with Gasteiger partial charge >= 0.3 is 0 Å². The number of hydrogen-bond acceptors (Lipinski definition) is 5. The van der Waals surface area contributed by atoms with Crippen LogP contribution in [0, 0.1) is 5.82 Å². The van der Waals surface area contributed by atoms with Gasteiger partial charge in [0.25, 0.3) is 5.91 Å².